The molecule has 0 radical (unpaired) electrons. The Kier molecular flexibility index (Phi) is 4.75. The van der Waals surface area contributed by atoms with E-state index >= 15 is 0 Å². The number of anilines is 1. The molecule has 1 amide bonds. The average molecular weight is 223 g/mol. The van der Waals surface area contributed by atoms with E-state index in [9.17, 15) is 4.79 Å². The maximum Gasteiger partial charge on any atom is 0.231 e. The zero-order valence-corrected chi connectivity index (χ0v) is 9.10. The lowest BCUT2D eigenvalue weighted by Crippen LogP contribution is -2.35. The molecule has 0 aliphatic rings. The van der Waals surface area contributed by atoms with Crippen LogP contribution in [0.15, 0.2) is 24.3 Å². The van der Waals surface area contributed by atoms with Gasteiger partial charge in [-0.1, -0.05) is 12.1 Å². The molecule has 0 aliphatic carbocycles. The van der Waals surface area contributed by atoms with Crippen LogP contribution in [0.25, 0.3) is 0 Å². The van der Waals surface area contributed by atoms with Gasteiger partial charge in [-0.2, -0.15) is 0 Å². The minimum Gasteiger partial charge on any atom is -0.399 e. The van der Waals surface area contributed by atoms with Crippen LogP contribution in [0.3, 0.4) is 0 Å². The van der Waals surface area contributed by atoms with Crippen molar-refractivity contribution in [2.45, 2.75) is 6.54 Å². The minimum absolute atomic E-state index is 0.00223. The number of nitrogens with zero attached hydrogens (tertiary/aromatic N) is 1. The maximum atomic E-state index is 10.8. The molecule has 0 atom stereocenters. The number of carbonyl (C=O) groups excluding carboxylic acids is 1. The van der Waals surface area contributed by atoms with Crippen LogP contribution in [0.5, 0.6) is 0 Å². The lowest BCUT2D eigenvalue weighted by molar-refractivity contribution is -0.119. The molecular formula is C11H17N3O2. The van der Waals surface area contributed by atoms with Gasteiger partial charge in [0, 0.05) is 18.8 Å². The second-order valence-corrected chi connectivity index (χ2v) is 3.64. The summed E-state index contributed by atoms with van der Waals surface area (Å²) in [4.78, 5) is 12.6. The van der Waals surface area contributed by atoms with Crippen molar-refractivity contribution in [1.29, 1.82) is 0 Å². The van der Waals surface area contributed by atoms with Gasteiger partial charge in [-0.3, -0.25) is 9.69 Å². The van der Waals surface area contributed by atoms with Crippen LogP contribution in [-0.2, 0) is 11.3 Å². The van der Waals surface area contributed by atoms with Gasteiger partial charge in [0.25, 0.3) is 0 Å². The fourth-order valence-corrected chi connectivity index (χ4v) is 1.46. The molecule has 16 heavy (non-hydrogen) atoms. The fourth-order valence-electron chi connectivity index (χ4n) is 1.46. The normalized spacial score (nSPS) is 10.6. The molecule has 88 valence electrons. The van der Waals surface area contributed by atoms with Crippen molar-refractivity contribution in [1.82, 2.24) is 4.90 Å². The summed E-state index contributed by atoms with van der Waals surface area (Å²) in [6.07, 6.45) is 0. The third kappa shape index (κ3) is 4.29. The summed E-state index contributed by atoms with van der Waals surface area (Å²) >= 11 is 0. The zero-order valence-electron chi connectivity index (χ0n) is 9.10. The Balaban J connectivity index is 2.59. The number of amides is 1. The molecule has 5 heteroatoms. The van der Waals surface area contributed by atoms with Gasteiger partial charge in [0.2, 0.25) is 5.91 Å². The summed E-state index contributed by atoms with van der Waals surface area (Å²) in [5.74, 6) is -0.399. The Morgan fingerprint density at radius 1 is 1.31 bits per heavy atom. The number of aliphatic hydroxyl groups is 1. The molecule has 5 nitrogen and oxygen atoms in total. The standard InChI is InChI=1S/C11H17N3O2/c12-10-3-1-9(2-4-10)7-14(5-6-15)8-11(13)16/h1-4,15H,5-8,12H2,(H2,13,16). The first-order valence-electron chi connectivity index (χ1n) is 5.07. The lowest BCUT2D eigenvalue weighted by Gasteiger charge is -2.19. The Labute approximate surface area is 94.7 Å². The second kappa shape index (κ2) is 6.09. The third-order valence-corrected chi connectivity index (χ3v) is 2.18. The van der Waals surface area contributed by atoms with E-state index in [1.165, 1.54) is 0 Å². The summed E-state index contributed by atoms with van der Waals surface area (Å²) in [7, 11) is 0. The molecule has 1 rings (SSSR count). The summed E-state index contributed by atoms with van der Waals surface area (Å²) in [5, 5.41) is 8.86. The molecule has 0 aliphatic heterocycles. The fraction of sp³-hybridized carbons (Fsp3) is 0.364. The van der Waals surface area contributed by atoms with Crippen LogP contribution < -0.4 is 11.5 Å². The second-order valence-electron chi connectivity index (χ2n) is 3.64. The molecule has 0 heterocycles. The Bertz CT molecular complexity index is 338. The van der Waals surface area contributed by atoms with Crippen molar-refractivity contribution in [2.75, 3.05) is 25.4 Å². The first-order valence-corrected chi connectivity index (χ1v) is 5.07. The average Bonchev–Trinajstić information content (AvgIpc) is 2.21. The van der Waals surface area contributed by atoms with Crippen LogP contribution in [0.4, 0.5) is 5.69 Å². The lowest BCUT2D eigenvalue weighted by atomic mass is 10.2. The highest BCUT2D eigenvalue weighted by Gasteiger charge is 2.08. The van der Waals surface area contributed by atoms with E-state index in [0.29, 0.717) is 18.8 Å². The number of hydrogen-bond donors (Lipinski definition) is 3. The maximum absolute atomic E-state index is 10.8. The largest absolute Gasteiger partial charge is 0.399 e. The van der Waals surface area contributed by atoms with Crippen molar-refractivity contribution in [3.05, 3.63) is 29.8 Å². The number of hydrogen-bond acceptors (Lipinski definition) is 4. The van der Waals surface area contributed by atoms with E-state index in [2.05, 4.69) is 0 Å². The molecule has 0 aromatic heterocycles. The molecule has 1 aromatic carbocycles. The quantitative estimate of drug-likeness (QED) is 0.569. The number of primary amides is 1. The van der Waals surface area contributed by atoms with Crippen molar-refractivity contribution in [3.8, 4) is 0 Å². The van der Waals surface area contributed by atoms with E-state index in [1.807, 2.05) is 12.1 Å². The predicted molar refractivity (Wildman–Crippen MR) is 62.4 cm³/mol. The SMILES string of the molecule is NC(=O)CN(CCO)Cc1ccc(N)cc1. The third-order valence-electron chi connectivity index (χ3n) is 2.18. The summed E-state index contributed by atoms with van der Waals surface area (Å²) in [5.41, 5.74) is 12.4. The number of nitrogens with two attached hydrogens (primary N) is 2. The van der Waals surface area contributed by atoms with E-state index in [-0.39, 0.29) is 13.2 Å². The molecular weight excluding hydrogens is 206 g/mol. The first-order chi connectivity index (χ1) is 7.61. The monoisotopic (exact) mass is 223 g/mol. The van der Waals surface area contributed by atoms with E-state index < -0.39 is 5.91 Å². The van der Waals surface area contributed by atoms with Gasteiger partial charge in [0.05, 0.1) is 13.2 Å². The van der Waals surface area contributed by atoms with Gasteiger partial charge in [-0.25, -0.2) is 0 Å². The zero-order chi connectivity index (χ0) is 12.0. The predicted octanol–water partition coefficient (Wildman–Crippen LogP) is -0.452. The van der Waals surface area contributed by atoms with Gasteiger partial charge in [0.1, 0.15) is 0 Å². The summed E-state index contributed by atoms with van der Waals surface area (Å²) in [6.45, 7) is 1.14. The molecule has 1 aromatic rings. The Hall–Kier alpha value is -1.59. The van der Waals surface area contributed by atoms with E-state index in [1.54, 1.807) is 17.0 Å². The smallest absolute Gasteiger partial charge is 0.231 e. The van der Waals surface area contributed by atoms with Crippen LogP contribution in [-0.4, -0.2) is 35.6 Å². The van der Waals surface area contributed by atoms with Crippen molar-refractivity contribution in [3.63, 3.8) is 0 Å². The van der Waals surface area contributed by atoms with Crippen LogP contribution in [0.2, 0.25) is 0 Å². The summed E-state index contributed by atoms with van der Waals surface area (Å²) < 4.78 is 0. The van der Waals surface area contributed by atoms with Gasteiger partial charge >= 0.3 is 0 Å². The van der Waals surface area contributed by atoms with Crippen LogP contribution in [0, 0.1) is 0 Å². The molecule has 0 bridgehead atoms. The topological polar surface area (TPSA) is 92.6 Å². The van der Waals surface area contributed by atoms with Gasteiger partial charge in [0.15, 0.2) is 0 Å². The molecule has 0 saturated heterocycles. The van der Waals surface area contributed by atoms with E-state index in [0.717, 1.165) is 5.56 Å². The molecule has 5 N–H and O–H groups in total. The number of aliphatic hydroxyl groups excluding tert-OH is 1. The van der Waals surface area contributed by atoms with Crippen molar-refractivity contribution < 1.29 is 9.90 Å². The Morgan fingerprint density at radius 2 is 1.94 bits per heavy atom. The number of nitrogen functional groups attached to an aromatic ring is 1. The molecule has 0 unspecified atom stereocenters. The molecule has 0 spiro atoms. The highest BCUT2D eigenvalue weighted by molar-refractivity contribution is 5.75. The Morgan fingerprint density at radius 3 is 2.44 bits per heavy atom. The number of carbonyl (C=O) groups is 1. The van der Waals surface area contributed by atoms with Gasteiger partial charge in [-0.15, -0.1) is 0 Å². The van der Waals surface area contributed by atoms with Gasteiger partial charge < -0.3 is 16.6 Å². The van der Waals surface area contributed by atoms with Gasteiger partial charge in [-0.05, 0) is 17.7 Å². The van der Waals surface area contributed by atoms with Crippen molar-refractivity contribution >= 4 is 11.6 Å². The van der Waals surface area contributed by atoms with Crippen LogP contribution in [0.1, 0.15) is 5.56 Å². The number of rotatable bonds is 6. The molecule has 0 fully saturated rings. The van der Waals surface area contributed by atoms with Crippen molar-refractivity contribution in [2.24, 2.45) is 5.73 Å². The number of benzene rings is 1. The summed E-state index contributed by atoms with van der Waals surface area (Å²) in [6, 6.07) is 7.38. The molecule has 0 saturated carbocycles. The van der Waals surface area contributed by atoms with Crippen LogP contribution >= 0.6 is 0 Å². The highest BCUT2D eigenvalue weighted by atomic mass is 16.3. The highest BCUT2D eigenvalue weighted by Crippen LogP contribution is 2.08. The minimum atomic E-state index is -0.399. The first kappa shape index (κ1) is 12.5. The van der Waals surface area contributed by atoms with E-state index in [4.69, 9.17) is 16.6 Å².